The number of hydrogen-bond donors (Lipinski definition) is 3. The molecule has 3 N–H and O–H groups in total. The number of nitrogens with one attached hydrogen (secondary N) is 3. The van der Waals surface area contributed by atoms with Crippen molar-refractivity contribution in [2.45, 2.75) is 38.3 Å². The van der Waals surface area contributed by atoms with Crippen LogP contribution in [0.5, 0.6) is 5.75 Å². The second-order valence-electron chi connectivity index (χ2n) is 11.5. The summed E-state index contributed by atoms with van der Waals surface area (Å²) in [5, 5.41) is 7.22. The van der Waals surface area contributed by atoms with Crippen LogP contribution in [0.1, 0.15) is 36.8 Å². The summed E-state index contributed by atoms with van der Waals surface area (Å²) in [6.45, 7) is 6.92. The van der Waals surface area contributed by atoms with Crippen molar-refractivity contribution >= 4 is 28.5 Å². The van der Waals surface area contributed by atoms with E-state index in [1.54, 1.807) is 7.11 Å². The Kier molecular flexibility index (Phi) is 8.61. The predicted octanol–water partition coefficient (Wildman–Crippen LogP) is 4.09. The van der Waals surface area contributed by atoms with E-state index in [-0.39, 0.29) is 17.9 Å². The second kappa shape index (κ2) is 12.3. The van der Waals surface area contributed by atoms with E-state index < -0.39 is 6.04 Å². The highest BCUT2D eigenvalue weighted by molar-refractivity contribution is 5.99. The molecule has 9 nitrogen and oxygen atoms in total. The zero-order valence-corrected chi connectivity index (χ0v) is 24.1. The van der Waals surface area contributed by atoms with Gasteiger partial charge in [-0.1, -0.05) is 31.2 Å². The molecule has 1 aliphatic heterocycles. The highest BCUT2D eigenvalue weighted by Gasteiger charge is 2.33. The molecule has 2 aliphatic rings. The van der Waals surface area contributed by atoms with E-state index in [0.29, 0.717) is 24.5 Å². The first kappa shape index (κ1) is 28.0. The third-order valence-electron chi connectivity index (χ3n) is 8.07. The van der Waals surface area contributed by atoms with E-state index in [1.165, 1.54) is 12.8 Å². The summed E-state index contributed by atoms with van der Waals surface area (Å²) < 4.78 is 5.56. The summed E-state index contributed by atoms with van der Waals surface area (Å²) in [4.78, 5) is 37.1. The molecule has 0 bridgehead atoms. The Morgan fingerprint density at radius 3 is 2.55 bits per heavy atom. The molecule has 1 saturated heterocycles. The van der Waals surface area contributed by atoms with E-state index in [2.05, 4.69) is 25.4 Å². The lowest BCUT2D eigenvalue weighted by atomic mass is 9.92. The van der Waals surface area contributed by atoms with E-state index in [0.717, 1.165) is 54.1 Å². The SMILES string of the molecule is COc1ccc(CN(C)C)cc1NC(=O)[C@H](NC(=O)N1CCN(CC2CC2)CC1)[C@@H](C)c1c[nH]c2ccccc12. The smallest absolute Gasteiger partial charge is 0.318 e. The fourth-order valence-electron chi connectivity index (χ4n) is 5.62. The lowest BCUT2D eigenvalue weighted by molar-refractivity contribution is -0.118. The summed E-state index contributed by atoms with van der Waals surface area (Å²) in [7, 11) is 5.60. The number of anilines is 1. The van der Waals surface area contributed by atoms with Crippen molar-refractivity contribution in [2.24, 2.45) is 5.92 Å². The Morgan fingerprint density at radius 2 is 1.85 bits per heavy atom. The Labute approximate surface area is 236 Å². The third-order valence-corrected chi connectivity index (χ3v) is 8.07. The third kappa shape index (κ3) is 6.59. The minimum absolute atomic E-state index is 0.203. The molecule has 2 aromatic carbocycles. The van der Waals surface area contributed by atoms with Gasteiger partial charge in [0.1, 0.15) is 11.8 Å². The largest absolute Gasteiger partial charge is 0.495 e. The molecule has 3 amide bonds. The van der Waals surface area contributed by atoms with Crippen LogP contribution in [0.3, 0.4) is 0 Å². The van der Waals surface area contributed by atoms with Gasteiger partial charge in [-0.2, -0.15) is 0 Å². The summed E-state index contributed by atoms with van der Waals surface area (Å²) in [6.07, 6.45) is 4.59. The van der Waals surface area contributed by atoms with Crippen LogP contribution in [0.15, 0.2) is 48.7 Å². The molecule has 1 aliphatic carbocycles. The van der Waals surface area contributed by atoms with Crippen molar-refractivity contribution in [1.82, 2.24) is 25.0 Å². The first-order valence-corrected chi connectivity index (χ1v) is 14.3. The Balaban J connectivity index is 1.36. The van der Waals surface area contributed by atoms with Crippen LogP contribution in [-0.2, 0) is 11.3 Å². The van der Waals surface area contributed by atoms with E-state index in [4.69, 9.17) is 4.74 Å². The molecule has 5 rings (SSSR count). The molecule has 40 heavy (non-hydrogen) atoms. The first-order valence-electron chi connectivity index (χ1n) is 14.3. The number of aromatic amines is 1. The number of fused-ring (bicyclic) bond motifs is 1. The summed E-state index contributed by atoms with van der Waals surface area (Å²) in [5.74, 6) is 0.845. The van der Waals surface area contributed by atoms with Crippen LogP contribution in [0, 0.1) is 5.92 Å². The standard InChI is InChI=1S/C31H42N6O3/c1-21(25-18-32-26-8-6-5-7-24(25)26)29(34-31(39)37-15-13-36(14-16-37)20-22-9-10-22)30(38)33-27-17-23(19-35(2)3)11-12-28(27)40-4/h5-8,11-12,17-18,21-22,29,32H,9-10,13-16,19-20H2,1-4H3,(H,33,38)(H,34,39)/t21-,29+/m0/s1. The van der Waals surface area contributed by atoms with Crippen molar-refractivity contribution in [1.29, 1.82) is 0 Å². The molecular formula is C31H42N6O3. The number of H-pyrrole nitrogens is 1. The number of nitrogens with zero attached hydrogens (tertiary/aromatic N) is 3. The fourth-order valence-corrected chi connectivity index (χ4v) is 5.62. The van der Waals surface area contributed by atoms with Crippen molar-refractivity contribution in [3.63, 3.8) is 0 Å². The van der Waals surface area contributed by atoms with Crippen molar-refractivity contribution in [3.8, 4) is 5.75 Å². The fraction of sp³-hybridized carbons (Fsp3) is 0.484. The first-order chi connectivity index (χ1) is 19.3. The highest BCUT2D eigenvalue weighted by Crippen LogP contribution is 2.31. The lowest BCUT2D eigenvalue weighted by Gasteiger charge is -2.36. The topological polar surface area (TPSA) is 92.9 Å². The van der Waals surface area contributed by atoms with Gasteiger partial charge in [0.05, 0.1) is 12.8 Å². The molecule has 214 valence electrons. The van der Waals surface area contributed by atoms with Gasteiger partial charge < -0.3 is 30.2 Å². The Morgan fingerprint density at radius 1 is 1.10 bits per heavy atom. The number of aromatic nitrogens is 1. The molecule has 3 aromatic rings. The average Bonchev–Trinajstić information content (AvgIpc) is 3.66. The summed E-state index contributed by atoms with van der Waals surface area (Å²) in [6, 6.07) is 12.8. The molecule has 2 atom stereocenters. The van der Waals surface area contributed by atoms with Gasteiger partial charge in [0.25, 0.3) is 0 Å². The number of methoxy groups -OCH3 is 1. The van der Waals surface area contributed by atoms with E-state index in [1.807, 2.05) is 74.6 Å². The van der Waals surface area contributed by atoms with Gasteiger partial charge in [0, 0.05) is 62.3 Å². The molecule has 1 saturated carbocycles. The number of piperazine rings is 1. The molecule has 1 aromatic heterocycles. The predicted molar refractivity (Wildman–Crippen MR) is 159 cm³/mol. The minimum atomic E-state index is -0.793. The minimum Gasteiger partial charge on any atom is -0.495 e. The van der Waals surface area contributed by atoms with Crippen LogP contribution in [0.2, 0.25) is 0 Å². The van der Waals surface area contributed by atoms with Gasteiger partial charge >= 0.3 is 6.03 Å². The quantitative estimate of drug-likeness (QED) is 0.356. The number of ether oxygens (including phenoxy) is 1. The number of amides is 3. The maximum absolute atomic E-state index is 14.0. The van der Waals surface area contributed by atoms with Gasteiger partial charge in [0.15, 0.2) is 0 Å². The molecule has 2 fully saturated rings. The van der Waals surface area contributed by atoms with Gasteiger partial charge in [0.2, 0.25) is 5.91 Å². The Bertz CT molecular complexity index is 1330. The maximum atomic E-state index is 14.0. The number of benzene rings is 2. The van der Waals surface area contributed by atoms with E-state index in [9.17, 15) is 9.59 Å². The van der Waals surface area contributed by atoms with Crippen molar-refractivity contribution < 1.29 is 14.3 Å². The maximum Gasteiger partial charge on any atom is 0.318 e. The number of carbonyl (C=O) groups is 2. The molecule has 9 heteroatoms. The summed E-state index contributed by atoms with van der Waals surface area (Å²) in [5.41, 5.74) is 3.62. The Hall–Kier alpha value is -3.56. The second-order valence-corrected chi connectivity index (χ2v) is 11.5. The molecule has 0 spiro atoms. The number of rotatable bonds is 10. The van der Waals surface area contributed by atoms with Crippen LogP contribution < -0.4 is 15.4 Å². The molecule has 0 unspecified atom stereocenters. The molecular weight excluding hydrogens is 504 g/mol. The molecule has 0 radical (unpaired) electrons. The lowest BCUT2D eigenvalue weighted by Crippen LogP contribution is -2.56. The van der Waals surface area contributed by atoms with Crippen LogP contribution in [-0.4, -0.2) is 91.6 Å². The van der Waals surface area contributed by atoms with E-state index >= 15 is 0 Å². The average molecular weight is 547 g/mol. The van der Waals surface area contributed by atoms with Gasteiger partial charge in [-0.05, 0) is 62.2 Å². The van der Waals surface area contributed by atoms with Crippen molar-refractivity contribution in [3.05, 3.63) is 59.8 Å². The summed E-state index contributed by atoms with van der Waals surface area (Å²) >= 11 is 0. The monoisotopic (exact) mass is 546 g/mol. The van der Waals surface area contributed by atoms with Crippen LogP contribution >= 0.6 is 0 Å². The zero-order valence-electron chi connectivity index (χ0n) is 24.1. The number of hydrogen-bond acceptors (Lipinski definition) is 5. The normalized spacial score (nSPS) is 17.6. The number of urea groups is 1. The molecule has 2 heterocycles. The zero-order chi connectivity index (χ0) is 28.2. The van der Waals surface area contributed by atoms with Crippen LogP contribution in [0.4, 0.5) is 10.5 Å². The van der Waals surface area contributed by atoms with Crippen molar-refractivity contribution in [2.75, 3.05) is 59.2 Å². The number of carbonyl (C=O) groups excluding carboxylic acids is 2. The van der Waals surface area contributed by atoms with Gasteiger partial charge in [-0.25, -0.2) is 4.79 Å². The highest BCUT2D eigenvalue weighted by atomic mass is 16.5. The van der Waals surface area contributed by atoms with Gasteiger partial charge in [-0.15, -0.1) is 0 Å². The number of para-hydroxylation sites is 1. The van der Waals surface area contributed by atoms with Crippen LogP contribution in [0.25, 0.3) is 10.9 Å². The van der Waals surface area contributed by atoms with Gasteiger partial charge in [-0.3, -0.25) is 9.69 Å².